The Morgan fingerprint density at radius 3 is 2.80 bits per heavy atom. The van der Waals surface area contributed by atoms with Crippen LogP contribution in [-0.2, 0) is 4.79 Å². The minimum absolute atomic E-state index is 0.0522. The Morgan fingerprint density at radius 1 is 1.40 bits per heavy atom. The summed E-state index contributed by atoms with van der Waals surface area (Å²) in [5, 5.41) is 13.3. The maximum absolute atomic E-state index is 12.7. The second-order valence-corrected chi connectivity index (χ2v) is 6.60. The Hall–Kier alpha value is -0.650. The van der Waals surface area contributed by atoms with Crippen LogP contribution in [0.25, 0.3) is 0 Å². The van der Waals surface area contributed by atoms with E-state index in [1.807, 2.05) is 19.0 Å². The molecule has 5 nitrogen and oxygen atoms in total. The maximum Gasteiger partial charge on any atom is 0.240 e. The summed E-state index contributed by atoms with van der Waals surface area (Å²) in [6.07, 6.45) is 3.60. The van der Waals surface area contributed by atoms with Gasteiger partial charge in [-0.2, -0.15) is 0 Å². The number of rotatable bonds is 4. The van der Waals surface area contributed by atoms with Crippen LogP contribution < -0.4 is 5.32 Å². The Balaban J connectivity index is 1.99. The van der Waals surface area contributed by atoms with Gasteiger partial charge in [-0.15, -0.1) is 0 Å². The number of aliphatic hydroxyl groups excluding tert-OH is 1. The zero-order valence-corrected chi connectivity index (χ0v) is 13.0. The molecule has 0 spiro atoms. The van der Waals surface area contributed by atoms with E-state index in [0.29, 0.717) is 18.9 Å². The van der Waals surface area contributed by atoms with Gasteiger partial charge in [0.05, 0.1) is 12.1 Å². The Kier molecular flexibility index (Phi) is 5.41. The van der Waals surface area contributed by atoms with Crippen LogP contribution in [-0.4, -0.2) is 72.7 Å². The second-order valence-electron chi connectivity index (χ2n) is 6.60. The smallest absolute Gasteiger partial charge is 0.240 e. The summed E-state index contributed by atoms with van der Waals surface area (Å²) in [4.78, 5) is 16.7. The number of likely N-dealkylation sites (N-methyl/N-ethyl adjacent to an activating group) is 1. The van der Waals surface area contributed by atoms with E-state index in [-0.39, 0.29) is 24.1 Å². The van der Waals surface area contributed by atoms with Crippen molar-refractivity contribution in [2.75, 3.05) is 33.7 Å². The molecule has 116 valence electrons. The average molecular weight is 283 g/mol. The lowest BCUT2D eigenvalue weighted by Crippen LogP contribution is -2.53. The van der Waals surface area contributed by atoms with Gasteiger partial charge in [0.1, 0.15) is 0 Å². The normalized spacial score (nSPS) is 34.8. The molecule has 0 aromatic rings. The van der Waals surface area contributed by atoms with Gasteiger partial charge < -0.3 is 20.2 Å². The highest BCUT2D eigenvalue weighted by Crippen LogP contribution is 2.24. The van der Waals surface area contributed by atoms with Crippen molar-refractivity contribution in [1.82, 2.24) is 15.1 Å². The van der Waals surface area contributed by atoms with Gasteiger partial charge in [-0.1, -0.05) is 13.3 Å². The molecule has 2 aliphatic heterocycles. The van der Waals surface area contributed by atoms with Crippen LogP contribution in [0.2, 0.25) is 0 Å². The van der Waals surface area contributed by atoms with Crippen molar-refractivity contribution in [3.63, 3.8) is 0 Å². The topological polar surface area (TPSA) is 55.8 Å². The van der Waals surface area contributed by atoms with Gasteiger partial charge in [0.15, 0.2) is 0 Å². The third kappa shape index (κ3) is 3.71. The molecule has 0 radical (unpaired) electrons. The summed E-state index contributed by atoms with van der Waals surface area (Å²) in [7, 11) is 4.03. The number of carbonyl (C=O) groups excluding carboxylic acids is 1. The van der Waals surface area contributed by atoms with Gasteiger partial charge in [0, 0.05) is 19.1 Å². The molecule has 2 saturated heterocycles. The van der Waals surface area contributed by atoms with Crippen molar-refractivity contribution in [2.24, 2.45) is 5.92 Å². The molecule has 0 aliphatic carbocycles. The zero-order chi connectivity index (χ0) is 14.7. The fourth-order valence-corrected chi connectivity index (χ4v) is 3.51. The highest BCUT2D eigenvalue weighted by Gasteiger charge is 2.38. The zero-order valence-electron chi connectivity index (χ0n) is 13.0. The molecule has 0 bridgehead atoms. The SMILES string of the molecule is CCC1CCNC(C(=O)N2CC(O)CC2CN(C)C)C1. The predicted octanol–water partition coefficient (Wildman–Crippen LogP) is 0.288. The van der Waals surface area contributed by atoms with Crippen LogP contribution >= 0.6 is 0 Å². The van der Waals surface area contributed by atoms with Crippen molar-refractivity contribution >= 4 is 5.91 Å². The molecule has 0 saturated carbocycles. The average Bonchev–Trinajstić information content (AvgIpc) is 2.78. The van der Waals surface area contributed by atoms with E-state index in [9.17, 15) is 9.90 Å². The molecular formula is C15H29N3O2. The van der Waals surface area contributed by atoms with E-state index in [4.69, 9.17) is 0 Å². The van der Waals surface area contributed by atoms with Gasteiger partial charge in [-0.25, -0.2) is 0 Å². The lowest BCUT2D eigenvalue weighted by Gasteiger charge is -2.34. The van der Waals surface area contributed by atoms with Crippen molar-refractivity contribution in [3.8, 4) is 0 Å². The van der Waals surface area contributed by atoms with E-state index in [0.717, 1.165) is 25.9 Å². The maximum atomic E-state index is 12.7. The van der Waals surface area contributed by atoms with Crippen LogP contribution in [0.1, 0.15) is 32.6 Å². The highest BCUT2D eigenvalue weighted by molar-refractivity contribution is 5.82. The first-order valence-electron chi connectivity index (χ1n) is 7.88. The standard InChI is InChI=1S/C15H29N3O2/c1-4-11-5-6-16-14(7-11)15(20)18-10-13(19)8-12(18)9-17(2)3/h11-14,16,19H,4-10H2,1-3H3. The number of amides is 1. The third-order valence-corrected chi connectivity index (χ3v) is 4.64. The number of hydrogen-bond acceptors (Lipinski definition) is 4. The number of aliphatic hydroxyl groups is 1. The van der Waals surface area contributed by atoms with Gasteiger partial charge >= 0.3 is 0 Å². The molecule has 4 atom stereocenters. The first kappa shape index (κ1) is 15.7. The summed E-state index contributed by atoms with van der Waals surface area (Å²) in [5.41, 5.74) is 0. The summed E-state index contributed by atoms with van der Waals surface area (Å²) < 4.78 is 0. The van der Waals surface area contributed by atoms with Crippen molar-refractivity contribution < 1.29 is 9.90 Å². The van der Waals surface area contributed by atoms with Crippen LogP contribution in [0.3, 0.4) is 0 Å². The van der Waals surface area contributed by atoms with Gasteiger partial charge in [-0.3, -0.25) is 4.79 Å². The number of likely N-dealkylation sites (tertiary alicyclic amines) is 1. The number of hydrogen-bond donors (Lipinski definition) is 2. The second kappa shape index (κ2) is 6.87. The Morgan fingerprint density at radius 2 is 2.15 bits per heavy atom. The van der Waals surface area contributed by atoms with Crippen molar-refractivity contribution in [2.45, 2.75) is 50.8 Å². The number of carbonyl (C=O) groups is 1. The summed E-state index contributed by atoms with van der Waals surface area (Å²) in [6.45, 7) is 4.45. The quantitative estimate of drug-likeness (QED) is 0.778. The first-order chi connectivity index (χ1) is 9.51. The molecule has 20 heavy (non-hydrogen) atoms. The molecule has 2 heterocycles. The molecule has 1 amide bonds. The number of nitrogens with one attached hydrogen (secondary N) is 1. The minimum Gasteiger partial charge on any atom is -0.391 e. The van der Waals surface area contributed by atoms with Crippen LogP contribution in [0.5, 0.6) is 0 Å². The predicted molar refractivity (Wildman–Crippen MR) is 79.5 cm³/mol. The molecule has 2 fully saturated rings. The highest BCUT2D eigenvalue weighted by atomic mass is 16.3. The summed E-state index contributed by atoms with van der Waals surface area (Å²) in [5.74, 6) is 0.844. The van der Waals surface area contributed by atoms with E-state index < -0.39 is 0 Å². The molecule has 0 aromatic carbocycles. The van der Waals surface area contributed by atoms with E-state index in [1.165, 1.54) is 6.42 Å². The van der Waals surface area contributed by atoms with Crippen LogP contribution in [0, 0.1) is 5.92 Å². The fourth-order valence-electron chi connectivity index (χ4n) is 3.51. The number of β-amino-alcohol motifs (C(OH)–C–C–N with tert-alkyl or cyclic N) is 1. The molecule has 0 aromatic heterocycles. The van der Waals surface area contributed by atoms with Gasteiger partial charge in [-0.05, 0) is 45.8 Å². The van der Waals surface area contributed by atoms with E-state index >= 15 is 0 Å². The van der Waals surface area contributed by atoms with Crippen molar-refractivity contribution in [1.29, 1.82) is 0 Å². The molecule has 4 unspecified atom stereocenters. The van der Waals surface area contributed by atoms with Gasteiger partial charge in [0.25, 0.3) is 0 Å². The van der Waals surface area contributed by atoms with Crippen LogP contribution in [0.15, 0.2) is 0 Å². The fraction of sp³-hybridized carbons (Fsp3) is 0.933. The summed E-state index contributed by atoms with van der Waals surface area (Å²) in [6, 6.07) is 0.0972. The molecule has 2 N–H and O–H groups in total. The molecule has 2 aliphatic rings. The van der Waals surface area contributed by atoms with Crippen molar-refractivity contribution in [3.05, 3.63) is 0 Å². The number of piperidine rings is 1. The molecule has 2 rings (SSSR count). The third-order valence-electron chi connectivity index (χ3n) is 4.64. The first-order valence-corrected chi connectivity index (χ1v) is 7.88. The minimum atomic E-state index is -0.366. The van der Waals surface area contributed by atoms with E-state index in [1.54, 1.807) is 0 Å². The summed E-state index contributed by atoms with van der Waals surface area (Å²) >= 11 is 0. The molecular weight excluding hydrogens is 254 g/mol. The lowest BCUT2D eigenvalue weighted by atomic mass is 9.90. The number of nitrogens with zero attached hydrogens (tertiary/aromatic N) is 2. The van der Waals surface area contributed by atoms with Crippen LogP contribution in [0.4, 0.5) is 0 Å². The molecule has 5 heteroatoms. The Bertz CT molecular complexity index is 335. The Labute approximate surface area is 122 Å². The van der Waals surface area contributed by atoms with E-state index in [2.05, 4.69) is 17.1 Å². The lowest BCUT2D eigenvalue weighted by molar-refractivity contribution is -0.135. The van der Waals surface area contributed by atoms with Gasteiger partial charge in [0.2, 0.25) is 5.91 Å². The monoisotopic (exact) mass is 283 g/mol. The largest absolute Gasteiger partial charge is 0.391 e.